The third kappa shape index (κ3) is 5.03. The maximum absolute atomic E-state index is 12.8. The van der Waals surface area contributed by atoms with E-state index in [1.54, 1.807) is 19.1 Å². The van der Waals surface area contributed by atoms with E-state index in [9.17, 15) is 9.59 Å². The summed E-state index contributed by atoms with van der Waals surface area (Å²) in [5.41, 5.74) is 3.50. The normalized spacial score (nSPS) is 11.5. The van der Waals surface area contributed by atoms with Gasteiger partial charge in [0.1, 0.15) is 11.7 Å². The highest BCUT2D eigenvalue weighted by molar-refractivity contribution is 6.01. The van der Waals surface area contributed by atoms with Crippen LogP contribution in [0.4, 0.5) is 5.69 Å². The molecule has 1 atom stereocenters. The number of fused-ring (bicyclic) bond motifs is 1. The first kappa shape index (κ1) is 23.6. The number of carbonyl (C=O) groups excluding carboxylic acids is 2. The second kappa shape index (κ2) is 10.2. The monoisotopic (exact) mass is 474 g/mol. The molecule has 1 unspecified atom stereocenters. The fraction of sp³-hybridized carbons (Fsp3) is 0.192. The van der Waals surface area contributed by atoms with Gasteiger partial charge in [0.2, 0.25) is 11.7 Å². The minimum atomic E-state index is -0.792. The first-order valence-electron chi connectivity index (χ1n) is 10.9. The van der Waals surface area contributed by atoms with Crippen molar-refractivity contribution in [3.05, 3.63) is 72.6 Å². The van der Waals surface area contributed by atoms with E-state index in [1.807, 2.05) is 47.1 Å². The number of anilines is 1. The molecule has 2 aromatic carbocycles. The molecular weight excluding hydrogens is 448 g/mol. The van der Waals surface area contributed by atoms with E-state index in [-0.39, 0.29) is 11.5 Å². The van der Waals surface area contributed by atoms with Gasteiger partial charge >= 0.3 is 0 Å². The van der Waals surface area contributed by atoms with E-state index < -0.39 is 11.9 Å². The van der Waals surface area contributed by atoms with Crippen LogP contribution in [-0.4, -0.2) is 48.6 Å². The number of amides is 2. The summed E-state index contributed by atoms with van der Waals surface area (Å²) in [5, 5.41) is 5.51. The number of nitrogens with one attached hydrogen (secondary N) is 2. The van der Waals surface area contributed by atoms with Crippen molar-refractivity contribution in [1.82, 2.24) is 14.7 Å². The van der Waals surface area contributed by atoms with Crippen molar-refractivity contribution in [2.45, 2.75) is 13.0 Å². The van der Waals surface area contributed by atoms with Gasteiger partial charge in [-0.15, -0.1) is 0 Å². The van der Waals surface area contributed by atoms with Crippen LogP contribution in [0.1, 0.15) is 17.3 Å². The fourth-order valence-corrected chi connectivity index (χ4v) is 3.61. The Hall–Kier alpha value is -4.53. The number of aromatic nitrogens is 2. The number of hydrogen-bond acceptors (Lipinski definition) is 6. The van der Waals surface area contributed by atoms with Crippen LogP contribution in [0.15, 0.2) is 67.0 Å². The van der Waals surface area contributed by atoms with Gasteiger partial charge < -0.3 is 29.2 Å². The molecule has 0 bridgehead atoms. The molecule has 4 rings (SSSR count). The van der Waals surface area contributed by atoms with Crippen molar-refractivity contribution < 1.29 is 23.8 Å². The van der Waals surface area contributed by atoms with Crippen LogP contribution < -0.4 is 24.8 Å². The van der Waals surface area contributed by atoms with E-state index in [4.69, 9.17) is 14.2 Å². The number of pyridine rings is 1. The maximum atomic E-state index is 12.8. The zero-order valence-corrected chi connectivity index (χ0v) is 19.9. The number of nitrogens with zero attached hydrogens (tertiary/aromatic N) is 2. The number of imidazole rings is 1. The molecule has 180 valence electrons. The van der Waals surface area contributed by atoms with Gasteiger partial charge in [0.15, 0.2) is 11.5 Å². The highest BCUT2D eigenvalue weighted by Gasteiger charge is 2.21. The molecule has 0 spiro atoms. The van der Waals surface area contributed by atoms with Gasteiger partial charge in [-0.1, -0.05) is 18.2 Å². The number of benzene rings is 2. The second-order valence-corrected chi connectivity index (χ2v) is 7.77. The van der Waals surface area contributed by atoms with E-state index in [1.165, 1.54) is 33.5 Å². The minimum absolute atomic E-state index is 0.274. The summed E-state index contributed by atoms with van der Waals surface area (Å²) in [5.74, 6) is 0.268. The molecule has 35 heavy (non-hydrogen) atoms. The quantitative estimate of drug-likeness (QED) is 0.403. The number of methoxy groups -OCH3 is 3. The third-order valence-electron chi connectivity index (χ3n) is 5.48. The van der Waals surface area contributed by atoms with E-state index in [2.05, 4.69) is 15.6 Å². The molecule has 2 heterocycles. The van der Waals surface area contributed by atoms with Gasteiger partial charge in [0.05, 0.1) is 27.0 Å². The number of ether oxygens (including phenoxy) is 3. The van der Waals surface area contributed by atoms with Crippen molar-refractivity contribution in [3.63, 3.8) is 0 Å². The molecule has 2 amide bonds. The van der Waals surface area contributed by atoms with Crippen LogP contribution in [0.5, 0.6) is 17.2 Å². The highest BCUT2D eigenvalue weighted by Crippen LogP contribution is 2.38. The summed E-state index contributed by atoms with van der Waals surface area (Å²) in [6.45, 7) is 1.61. The van der Waals surface area contributed by atoms with Gasteiger partial charge in [-0.25, -0.2) is 4.98 Å². The molecule has 2 aromatic heterocycles. The standard InChI is InChI=1S/C26H26N4O5/c1-16(27-26(32)18-13-21(33-2)24(35-4)22(14-18)34-3)25(31)28-19-10-8-17(9-11-19)20-15-30-12-6-5-7-23(30)29-20/h5-16H,1-4H3,(H,27,32)(H,28,31). The summed E-state index contributed by atoms with van der Waals surface area (Å²) in [4.78, 5) is 30.1. The minimum Gasteiger partial charge on any atom is -0.493 e. The van der Waals surface area contributed by atoms with Crippen LogP contribution >= 0.6 is 0 Å². The topological polar surface area (TPSA) is 103 Å². The molecule has 0 fully saturated rings. The molecule has 0 aliphatic rings. The molecule has 9 nitrogen and oxygen atoms in total. The number of rotatable bonds is 8. The smallest absolute Gasteiger partial charge is 0.252 e. The van der Waals surface area contributed by atoms with Crippen LogP contribution in [0.25, 0.3) is 16.9 Å². The lowest BCUT2D eigenvalue weighted by atomic mass is 10.1. The lowest BCUT2D eigenvalue weighted by molar-refractivity contribution is -0.117. The molecule has 0 aliphatic carbocycles. The average Bonchev–Trinajstić information content (AvgIpc) is 3.32. The molecule has 2 N–H and O–H groups in total. The van der Waals surface area contributed by atoms with Crippen LogP contribution in [-0.2, 0) is 4.79 Å². The van der Waals surface area contributed by atoms with Gasteiger partial charge in [-0.05, 0) is 43.3 Å². The first-order valence-corrected chi connectivity index (χ1v) is 10.9. The van der Waals surface area contributed by atoms with E-state index >= 15 is 0 Å². The summed E-state index contributed by atoms with van der Waals surface area (Å²) in [6.07, 6.45) is 3.89. The summed E-state index contributed by atoms with van der Waals surface area (Å²) in [6, 6.07) is 15.4. The second-order valence-electron chi connectivity index (χ2n) is 7.77. The Kier molecular flexibility index (Phi) is 6.86. The molecule has 0 saturated carbocycles. The Morgan fingerprint density at radius 1 is 0.943 bits per heavy atom. The molecule has 0 saturated heterocycles. The van der Waals surface area contributed by atoms with Crippen LogP contribution in [0.2, 0.25) is 0 Å². The molecule has 0 radical (unpaired) electrons. The predicted octanol–water partition coefficient (Wildman–Crippen LogP) is 3.78. The first-order chi connectivity index (χ1) is 16.9. The number of hydrogen-bond donors (Lipinski definition) is 2. The Morgan fingerprint density at radius 3 is 2.23 bits per heavy atom. The lowest BCUT2D eigenvalue weighted by Crippen LogP contribution is -2.41. The Labute approximate surface area is 202 Å². The summed E-state index contributed by atoms with van der Waals surface area (Å²) in [7, 11) is 4.42. The number of carbonyl (C=O) groups is 2. The Morgan fingerprint density at radius 2 is 1.63 bits per heavy atom. The largest absolute Gasteiger partial charge is 0.493 e. The van der Waals surface area contributed by atoms with Gasteiger partial charge in [0, 0.05) is 29.2 Å². The molecule has 0 aliphatic heterocycles. The maximum Gasteiger partial charge on any atom is 0.252 e. The summed E-state index contributed by atoms with van der Waals surface area (Å²) >= 11 is 0. The Balaban J connectivity index is 1.41. The van der Waals surface area contributed by atoms with Gasteiger partial charge in [-0.3, -0.25) is 9.59 Å². The Bertz CT molecular complexity index is 1310. The van der Waals surface area contributed by atoms with Gasteiger partial charge in [-0.2, -0.15) is 0 Å². The van der Waals surface area contributed by atoms with Crippen molar-refractivity contribution in [2.75, 3.05) is 26.6 Å². The molecular formula is C26H26N4O5. The fourth-order valence-electron chi connectivity index (χ4n) is 3.61. The average molecular weight is 475 g/mol. The van der Waals surface area contributed by atoms with Crippen molar-refractivity contribution in [2.24, 2.45) is 0 Å². The van der Waals surface area contributed by atoms with Crippen molar-refractivity contribution in [3.8, 4) is 28.5 Å². The molecule has 9 heteroatoms. The SMILES string of the molecule is COc1cc(C(=O)NC(C)C(=O)Nc2ccc(-c3cn4ccccc4n3)cc2)cc(OC)c1OC. The van der Waals surface area contributed by atoms with Crippen LogP contribution in [0, 0.1) is 0 Å². The van der Waals surface area contributed by atoms with Gasteiger partial charge in [0.25, 0.3) is 5.91 Å². The predicted molar refractivity (Wildman–Crippen MR) is 132 cm³/mol. The van der Waals surface area contributed by atoms with E-state index in [0.29, 0.717) is 22.9 Å². The van der Waals surface area contributed by atoms with Crippen molar-refractivity contribution >= 4 is 23.1 Å². The zero-order valence-electron chi connectivity index (χ0n) is 19.9. The van der Waals surface area contributed by atoms with Crippen LogP contribution in [0.3, 0.4) is 0 Å². The van der Waals surface area contributed by atoms with E-state index in [0.717, 1.165) is 16.9 Å². The summed E-state index contributed by atoms with van der Waals surface area (Å²) < 4.78 is 17.8. The highest BCUT2D eigenvalue weighted by atomic mass is 16.5. The lowest BCUT2D eigenvalue weighted by Gasteiger charge is -2.17. The third-order valence-corrected chi connectivity index (χ3v) is 5.48. The molecule has 4 aromatic rings. The van der Waals surface area contributed by atoms with Crippen molar-refractivity contribution in [1.29, 1.82) is 0 Å². The zero-order chi connectivity index (χ0) is 24.9.